The standard InChI is InChI=1S/C17H19ClN2O/c1-16(2)15(17(16,3)4)20-14(21)11-9-13(18)19-12-8-6-5-7-10(11)12/h5-9,15H,1-4H3,(H,20,21). The van der Waals surface area contributed by atoms with Gasteiger partial charge in [0.15, 0.2) is 0 Å². The second-order valence-electron chi connectivity index (χ2n) is 6.86. The van der Waals surface area contributed by atoms with Gasteiger partial charge in [0.2, 0.25) is 0 Å². The lowest BCUT2D eigenvalue weighted by molar-refractivity contribution is 0.0945. The number of rotatable bonds is 2. The average Bonchev–Trinajstić information content (AvgIpc) is 2.80. The minimum Gasteiger partial charge on any atom is -0.348 e. The number of benzene rings is 1. The molecule has 110 valence electrons. The van der Waals surface area contributed by atoms with Crippen molar-refractivity contribution in [2.24, 2.45) is 10.8 Å². The van der Waals surface area contributed by atoms with Gasteiger partial charge in [-0.1, -0.05) is 57.5 Å². The topological polar surface area (TPSA) is 42.0 Å². The van der Waals surface area contributed by atoms with Crippen LogP contribution in [-0.4, -0.2) is 16.9 Å². The van der Waals surface area contributed by atoms with Crippen LogP contribution in [0.3, 0.4) is 0 Å². The van der Waals surface area contributed by atoms with Crippen LogP contribution in [0.5, 0.6) is 0 Å². The van der Waals surface area contributed by atoms with E-state index < -0.39 is 0 Å². The quantitative estimate of drug-likeness (QED) is 0.850. The van der Waals surface area contributed by atoms with Crippen molar-refractivity contribution >= 4 is 28.4 Å². The fourth-order valence-electron chi connectivity index (χ4n) is 3.10. The Morgan fingerprint density at radius 3 is 2.43 bits per heavy atom. The molecule has 2 aromatic rings. The first-order valence-electron chi connectivity index (χ1n) is 7.11. The number of hydrogen-bond donors (Lipinski definition) is 1. The monoisotopic (exact) mass is 302 g/mol. The van der Waals surface area contributed by atoms with Crippen molar-refractivity contribution in [2.75, 3.05) is 0 Å². The molecule has 21 heavy (non-hydrogen) atoms. The Hall–Kier alpha value is -1.61. The Morgan fingerprint density at radius 2 is 1.81 bits per heavy atom. The van der Waals surface area contributed by atoms with Crippen molar-refractivity contribution in [3.05, 3.63) is 41.0 Å². The molecule has 4 heteroatoms. The molecule has 1 aliphatic carbocycles. The highest BCUT2D eigenvalue weighted by Gasteiger charge is 2.65. The van der Waals surface area contributed by atoms with Gasteiger partial charge in [-0.3, -0.25) is 4.79 Å². The molecule has 1 amide bonds. The lowest BCUT2D eigenvalue weighted by Crippen LogP contribution is -2.30. The van der Waals surface area contributed by atoms with E-state index in [2.05, 4.69) is 38.0 Å². The van der Waals surface area contributed by atoms with Crippen LogP contribution < -0.4 is 5.32 Å². The summed E-state index contributed by atoms with van der Waals surface area (Å²) in [6.07, 6.45) is 0. The number of amides is 1. The van der Waals surface area contributed by atoms with Gasteiger partial charge in [0.25, 0.3) is 5.91 Å². The summed E-state index contributed by atoms with van der Waals surface area (Å²) in [7, 11) is 0. The third kappa shape index (κ3) is 2.11. The second kappa shape index (κ2) is 4.44. The number of fused-ring (bicyclic) bond motifs is 1. The van der Waals surface area contributed by atoms with E-state index in [-0.39, 0.29) is 22.8 Å². The summed E-state index contributed by atoms with van der Waals surface area (Å²) in [5.41, 5.74) is 1.54. The predicted octanol–water partition coefficient (Wildman–Crippen LogP) is 4.05. The van der Waals surface area contributed by atoms with Crippen molar-refractivity contribution in [3.8, 4) is 0 Å². The Kier molecular flexibility index (Phi) is 3.03. The number of nitrogens with zero attached hydrogens (tertiary/aromatic N) is 1. The molecule has 0 saturated heterocycles. The van der Waals surface area contributed by atoms with Crippen molar-refractivity contribution in [1.29, 1.82) is 0 Å². The van der Waals surface area contributed by atoms with Crippen LogP contribution in [-0.2, 0) is 0 Å². The number of pyridine rings is 1. The van der Waals surface area contributed by atoms with Crippen LogP contribution in [0.4, 0.5) is 0 Å². The van der Waals surface area contributed by atoms with Gasteiger partial charge in [0, 0.05) is 11.4 Å². The highest BCUT2D eigenvalue weighted by Crippen LogP contribution is 2.62. The van der Waals surface area contributed by atoms with Crippen LogP contribution in [0.1, 0.15) is 38.1 Å². The van der Waals surface area contributed by atoms with Crippen molar-refractivity contribution < 1.29 is 4.79 Å². The summed E-state index contributed by atoms with van der Waals surface area (Å²) in [5.74, 6) is -0.0841. The fraction of sp³-hybridized carbons (Fsp3) is 0.412. The zero-order chi connectivity index (χ0) is 15.4. The Balaban J connectivity index is 1.96. The summed E-state index contributed by atoms with van der Waals surface area (Å²) in [5, 5.41) is 4.31. The molecule has 1 heterocycles. The van der Waals surface area contributed by atoms with Gasteiger partial charge in [0.1, 0.15) is 5.15 Å². The van der Waals surface area contributed by atoms with E-state index in [4.69, 9.17) is 11.6 Å². The fourth-order valence-corrected chi connectivity index (χ4v) is 3.30. The third-order valence-corrected chi connectivity index (χ3v) is 5.42. The molecule has 0 bridgehead atoms. The summed E-state index contributed by atoms with van der Waals surface area (Å²) in [6, 6.07) is 9.37. The van der Waals surface area contributed by atoms with Gasteiger partial charge < -0.3 is 5.32 Å². The van der Waals surface area contributed by atoms with Crippen LogP contribution in [0.25, 0.3) is 10.9 Å². The number of carbonyl (C=O) groups is 1. The first-order valence-corrected chi connectivity index (χ1v) is 7.49. The summed E-state index contributed by atoms with van der Waals surface area (Å²) in [6.45, 7) is 8.70. The minimum atomic E-state index is -0.0841. The molecule has 0 aliphatic heterocycles. The molecule has 1 aromatic heterocycles. The van der Waals surface area contributed by atoms with Crippen molar-refractivity contribution in [3.63, 3.8) is 0 Å². The first kappa shape index (κ1) is 14.3. The predicted molar refractivity (Wildman–Crippen MR) is 85.6 cm³/mol. The molecule has 0 radical (unpaired) electrons. The third-order valence-electron chi connectivity index (χ3n) is 5.23. The molecule has 1 saturated carbocycles. The average molecular weight is 303 g/mol. The Bertz CT molecular complexity index is 723. The van der Waals surface area contributed by atoms with Gasteiger partial charge >= 0.3 is 0 Å². The smallest absolute Gasteiger partial charge is 0.252 e. The zero-order valence-corrected chi connectivity index (χ0v) is 13.5. The van der Waals surface area contributed by atoms with Crippen LogP contribution in [0.2, 0.25) is 5.15 Å². The van der Waals surface area contributed by atoms with E-state index in [1.807, 2.05) is 24.3 Å². The van der Waals surface area contributed by atoms with E-state index in [0.717, 1.165) is 10.9 Å². The normalized spacial score (nSPS) is 19.5. The SMILES string of the molecule is CC1(C)C(NC(=O)c2cc(Cl)nc3ccccc23)C1(C)C. The maximum atomic E-state index is 12.6. The maximum absolute atomic E-state index is 12.6. The lowest BCUT2D eigenvalue weighted by Gasteiger charge is -2.10. The summed E-state index contributed by atoms with van der Waals surface area (Å²) < 4.78 is 0. The number of para-hydroxylation sites is 1. The van der Waals surface area contributed by atoms with E-state index in [0.29, 0.717) is 10.7 Å². The maximum Gasteiger partial charge on any atom is 0.252 e. The number of carbonyl (C=O) groups excluding carboxylic acids is 1. The number of halogens is 1. The second-order valence-corrected chi connectivity index (χ2v) is 7.25. The van der Waals surface area contributed by atoms with Gasteiger partial charge in [-0.2, -0.15) is 0 Å². The summed E-state index contributed by atoms with van der Waals surface area (Å²) >= 11 is 6.04. The van der Waals surface area contributed by atoms with Crippen LogP contribution >= 0.6 is 11.6 Å². The summed E-state index contributed by atoms with van der Waals surface area (Å²) in [4.78, 5) is 16.9. The molecule has 3 rings (SSSR count). The lowest BCUT2D eigenvalue weighted by atomic mass is 10.0. The van der Waals surface area contributed by atoms with E-state index >= 15 is 0 Å². The minimum absolute atomic E-state index is 0.0841. The Morgan fingerprint density at radius 1 is 1.19 bits per heavy atom. The molecular formula is C17H19ClN2O. The van der Waals surface area contributed by atoms with Crippen LogP contribution in [0.15, 0.2) is 30.3 Å². The molecule has 1 aliphatic rings. The molecule has 0 spiro atoms. The molecular weight excluding hydrogens is 284 g/mol. The molecule has 3 nitrogen and oxygen atoms in total. The van der Waals surface area contributed by atoms with Crippen LogP contribution in [0, 0.1) is 10.8 Å². The number of nitrogens with one attached hydrogen (secondary N) is 1. The highest BCUT2D eigenvalue weighted by molar-refractivity contribution is 6.30. The number of aromatic nitrogens is 1. The van der Waals surface area contributed by atoms with E-state index in [1.165, 1.54) is 0 Å². The molecule has 1 N–H and O–H groups in total. The number of hydrogen-bond acceptors (Lipinski definition) is 2. The first-order chi connectivity index (χ1) is 9.75. The molecule has 1 fully saturated rings. The molecule has 0 unspecified atom stereocenters. The van der Waals surface area contributed by atoms with Gasteiger partial charge in [-0.15, -0.1) is 0 Å². The van der Waals surface area contributed by atoms with Gasteiger partial charge in [0.05, 0.1) is 11.1 Å². The highest BCUT2D eigenvalue weighted by atomic mass is 35.5. The van der Waals surface area contributed by atoms with E-state index in [9.17, 15) is 4.79 Å². The van der Waals surface area contributed by atoms with Gasteiger partial charge in [-0.25, -0.2) is 4.98 Å². The zero-order valence-electron chi connectivity index (χ0n) is 12.7. The largest absolute Gasteiger partial charge is 0.348 e. The van der Waals surface area contributed by atoms with Crippen molar-refractivity contribution in [1.82, 2.24) is 10.3 Å². The molecule has 0 atom stereocenters. The van der Waals surface area contributed by atoms with Gasteiger partial charge in [-0.05, 0) is 23.0 Å². The van der Waals surface area contributed by atoms with E-state index in [1.54, 1.807) is 6.07 Å². The Labute approximate surface area is 129 Å². The molecule has 1 aromatic carbocycles. The van der Waals surface area contributed by atoms with Crippen molar-refractivity contribution in [2.45, 2.75) is 33.7 Å².